The zero-order valence-electron chi connectivity index (χ0n) is 16.4. The van der Waals surface area contributed by atoms with Crippen LogP contribution in [0.15, 0.2) is 35.5 Å². The number of esters is 1. The summed E-state index contributed by atoms with van der Waals surface area (Å²) in [5.41, 5.74) is 0.663. The molecule has 9 nitrogen and oxygen atoms in total. The van der Waals surface area contributed by atoms with E-state index in [4.69, 9.17) is 27.9 Å². The monoisotopic (exact) mass is 451 g/mol. The van der Waals surface area contributed by atoms with Gasteiger partial charge < -0.3 is 10.1 Å². The largest absolute Gasteiger partial charge is 0.451 e. The van der Waals surface area contributed by atoms with Crippen LogP contribution in [0.25, 0.3) is 11.0 Å². The number of halogens is 2. The number of carbonyl (C=O) groups excluding carboxylic acids is 2. The summed E-state index contributed by atoms with van der Waals surface area (Å²) in [6.45, 7) is 2.80. The first-order valence-corrected chi connectivity index (χ1v) is 9.75. The van der Waals surface area contributed by atoms with Gasteiger partial charge in [0.15, 0.2) is 11.8 Å². The minimum atomic E-state index is -1.07. The predicted octanol–water partition coefficient (Wildman–Crippen LogP) is 2.25. The Morgan fingerprint density at radius 1 is 1.27 bits per heavy atom. The van der Waals surface area contributed by atoms with Crippen LogP contribution in [0.1, 0.15) is 25.5 Å². The zero-order chi connectivity index (χ0) is 22.0. The highest BCUT2D eigenvalue weighted by atomic mass is 35.5. The minimum absolute atomic E-state index is 0.284. The lowest BCUT2D eigenvalue weighted by atomic mass is 10.1. The topological polar surface area (TPSA) is 108 Å². The molecule has 1 N–H and O–H groups in total. The maximum Gasteiger partial charge on any atom is 0.326 e. The van der Waals surface area contributed by atoms with E-state index in [-0.39, 0.29) is 11.9 Å². The number of ether oxygens (including phenoxy) is 1. The van der Waals surface area contributed by atoms with Gasteiger partial charge in [0.05, 0.1) is 12.2 Å². The highest BCUT2D eigenvalue weighted by Crippen LogP contribution is 2.26. The molecule has 2 atom stereocenters. The van der Waals surface area contributed by atoms with Crippen molar-refractivity contribution in [1.29, 1.82) is 0 Å². The molecule has 2 heterocycles. The first kappa shape index (κ1) is 21.8. The quantitative estimate of drug-likeness (QED) is 0.575. The lowest BCUT2D eigenvalue weighted by Gasteiger charge is -2.19. The smallest absolute Gasteiger partial charge is 0.326 e. The van der Waals surface area contributed by atoms with Gasteiger partial charge >= 0.3 is 5.97 Å². The van der Waals surface area contributed by atoms with Crippen molar-refractivity contribution < 1.29 is 14.3 Å². The Bertz CT molecular complexity index is 1170. The summed E-state index contributed by atoms with van der Waals surface area (Å²) in [5, 5.41) is 7.88. The van der Waals surface area contributed by atoms with Gasteiger partial charge in [-0.1, -0.05) is 29.3 Å². The van der Waals surface area contributed by atoms with Crippen LogP contribution >= 0.6 is 23.2 Å². The van der Waals surface area contributed by atoms with Crippen molar-refractivity contribution >= 4 is 46.1 Å². The number of aryl methyl sites for hydroxylation is 1. The molecule has 0 bridgehead atoms. The van der Waals surface area contributed by atoms with Gasteiger partial charge in [-0.05, 0) is 31.5 Å². The summed E-state index contributed by atoms with van der Waals surface area (Å²) in [7, 11) is 1.66. The number of nitrogens with one attached hydrogen (secondary N) is 1. The summed E-state index contributed by atoms with van der Waals surface area (Å²) in [5.74, 6) is -1.25. The summed E-state index contributed by atoms with van der Waals surface area (Å²) in [6, 6.07) is 4.53. The number of rotatable bonds is 6. The van der Waals surface area contributed by atoms with E-state index < -0.39 is 29.6 Å². The Kier molecular flexibility index (Phi) is 6.42. The molecule has 0 saturated carbocycles. The molecule has 0 aliphatic carbocycles. The van der Waals surface area contributed by atoms with Crippen molar-refractivity contribution in [3.8, 4) is 0 Å². The van der Waals surface area contributed by atoms with Crippen LogP contribution in [0, 0.1) is 0 Å². The average molecular weight is 452 g/mol. The molecule has 11 heteroatoms. The van der Waals surface area contributed by atoms with Crippen LogP contribution in [0.3, 0.4) is 0 Å². The van der Waals surface area contributed by atoms with Crippen LogP contribution in [-0.4, -0.2) is 37.3 Å². The van der Waals surface area contributed by atoms with Gasteiger partial charge in [-0.2, -0.15) is 5.10 Å². The molecule has 3 aromatic rings. The van der Waals surface area contributed by atoms with Crippen molar-refractivity contribution in [1.82, 2.24) is 24.6 Å². The zero-order valence-corrected chi connectivity index (χ0v) is 17.9. The fraction of sp³-hybridized carbons (Fsp3) is 0.316. The molecule has 0 spiro atoms. The molecule has 0 radical (unpaired) electrons. The Morgan fingerprint density at radius 3 is 2.70 bits per heavy atom. The standard InChI is InChI=1S/C19H19Cl2N5O4/c1-10(13-5-4-12(20)6-15(13)21)24-18(28)11(2)30-16(27)8-26-9-22-17-14(19(26)29)7-23-25(17)3/h4-7,9-11H,8H2,1-3H3,(H,24,28). The Labute approximate surface area is 181 Å². The molecule has 3 rings (SSSR count). The van der Waals surface area contributed by atoms with Gasteiger partial charge in [-0.15, -0.1) is 0 Å². The van der Waals surface area contributed by atoms with Gasteiger partial charge in [0.1, 0.15) is 18.3 Å². The molecular weight excluding hydrogens is 433 g/mol. The second-order valence-electron chi connectivity index (χ2n) is 6.71. The Hall–Kier alpha value is -2.91. The highest BCUT2D eigenvalue weighted by molar-refractivity contribution is 6.35. The van der Waals surface area contributed by atoms with Crippen molar-refractivity contribution in [3.05, 3.63) is 56.7 Å². The second-order valence-corrected chi connectivity index (χ2v) is 7.55. The third-order valence-corrected chi connectivity index (χ3v) is 5.05. The number of fused-ring (bicyclic) bond motifs is 1. The second kappa shape index (κ2) is 8.85. The molecular formula is C19H19Cl2N5O4. The Balaban J connectivity index is 1.61. The first-order chi connectivity index (χ1) is 14.2. The summed E-state index contributed by atoms with van der Waals surface area (Å²) >= 11 is 12.0. The van der Waals surface area contributed by atoms with Crippen LogP contribution < -0.4 is 10.9 Å². The van der Waals surface area contributed by atoms with Gasteiger partial charge in [0.25, 0.3) is 11.5 Å². The normalized spacial score (nSPS) is 13.1. The van der Waals surface area contributed by atoms with Crippen molar-refractivity contribution in [2.24, 2.45) is 7.05 Å². The van der Waals surface area contributed by atoms with Crippen LogP contribution in [-0.2, 0) is 27.9 Å². The van der Waals surface area contributed by atoms with Gasteiger partial charge in [-0.25, -0.2) is 4.98 Å². The van der Waals surface area contributed by atoms with E-state index in [1.54, 1.807) is 32.2 Å². The fourth-order valence-electron chi connectivity index (χ4n) is 2.87. The van der Waals surface area contributed by atoms with E-state index in [0.717, 1.165) is 4.57 Å². The third-order valence-electron chi connectivity index (χ3n) is 4.48. The molecule has 0 saturated heterocycles. The highest BCUT2D eigenvalue weighted by Gasteiger charge is 2.22. The van der Waals surface area contributed by atoms with Gasteiger partial charge in [-0.3, -0.25) is 23.6 Å². The van der Waals surface area contributed by atoms with E-state index in [1.165, 1.54) is 24.1 Å². The van der Waals surface area contributed by atoms with Crippen LogP contribution in [0.5, 0.6) is 0 Å². The molecule has 2 unspecified atom stereocenters. The summed E-state index contributed by atoms with van der Waals surface area (Å²) in [6.07, 6.45) is 1.55. The number of hydrogen-bond donors (Lipinski definition) is 1. The average Bonchev–Trinajstić information content (AvgIpc) is 3.05. The number of aromatic nitrogens is 4. The first-order valence-electron chi connectivity index (χ1n) is 8.99. The number of hydrogen-bond acceptors (Lipinski definition) is 6. The fourth-order valence-corrected chi connectivity index (χ4v) is 3.44. The molecule has 1 amide bonds. The number of nitrogens with zero attached hydrogens (tertiary/aromatic N) is 4. The maximum absolute atomic E-state index is 12.4. The Morgan fingerprint density at radius 2 is 2.00 bits per heavy atom. The number of amides is 1. The lowest BCUT2D eigenvalue weighted by Crippen LogP contribution is -2.38. The molecule has 158 valence electrons. The van der Waals surface area contributed by atoms with Gasteiger partial charge in [0, 0.05) is 17.1 Å². The summed E-state index contributed by atoms with van der Waals surface area (Å²) < 4.78 is 7.72. The minimum Gasteiger partial charge on any atom is -0.451 e. The molecule has 2 aromatic heterocycles. The predicted molar refractivity (Wildman–Crippen MR) is 111 cm³/mol. The molecule has 0 aliphatic rings. The van der Waals surface area contributed by atoms with Crippen molar-refractivity contribution in [3.63, 3.8) is 0 Å². The van der Waals surface area contributed by atoms with Gasteiger partial charge in [0.2, 0.25) is 0 Å². The van der Waals surface area contributed by atoms with Crippen molar-refractivity contribution in [2.75, 3.05) is 0 Å². The van der Waals surface area contributed by atoms with Crippen molar-refractivity contribution in [2.45, 2.75) is 32.5 Å². The van der Waals surface area contributed by atoms with E-state index in [9.17, 15) is 14.4 Å². The van der Waals surface area contributed by atoms with E-state index in [1.807, 2.05) is 0 Å². The SMILES string of the molecule is CC(OC(=O)Cn1cnc2c(cnn2C)c1=O)C(=O)NC(C)c1ccc(Cl)cc1Cl. The van der Waals surface area contributed by atoms with E-state index in [2.05, 4.69) is 15.4 Å². The molecule has 1 aromatic carbocycles. The molecule has 0 fully saturated rings. The molecule has 0 aliphatic heterocycles. The molecule has 30 heavy (non-hydrogen) atoms. The van der Waals surface area contributed by atoms with E-state index in [0.29, 0.717) is 21.3 Å². The van der Waals surface area contributed by atoms with Crippen LogP contribution in [0.4, 0.5) is 0 Å². The van der Waals surface area contributed by atoms with E-state index >= 15 is 0 Å². The van der Waals surface area contributed by atoms with Crippen LogP contribution in [0.2, 0.25) is 10.0 Å². The summed E-state index contributed by atoms with van der Waals surface area (Å²) in [4.78, 5) is 41.1. The lowest BCUT2D eigenvalue weighted by molar-refractivity contribution is -0.155. The number of carbonyl (C=O) groups is 2. The number of benzene rings is 1. The maximum atomic E-state index is 12.4. The third kappa shape index (κ3) is 4.63.